The average Bonchev–Trinajstić information content (AvgIpc) is 3.15. The van der Waals surface area contributed by atoms with E-state index in [1.807, 2.05) is 24.3 Å². The second-order valence-electron chi connectivity index (χ2n) is 14.2. The summed E-state index contributed by atoms with van der Waals surface area (Å²) in [5.41, 5.74) is 5.25. The topological polar surface area (TPSA) is 147 Å². The molecule has 5 aromatic carbocycles. The summed E-state index contributed by atoms with van der Waals surface area (Å²) < 4.78 is 30.8. The molecule has 0 saturated carbocycles. The lowest BCUT2D eigenvalue weighted by molar-refractivity contribution is -0.0888. The molecule has 0 bridgehead atoms. The summed E-state index contributed by atoms with van der Waals surface area (Å²) >= 11 is 0. The smallest absolute Gasteiger partial charge is 0.133 e. The van der Waals surface area contributed by atoms with E-state index >= 15 is 0 Å². The largest absolute Gasteiger partial charge is 0.508 e. The predicted molar refractivity (Wildman–Crippen MR) is 198 cm³/mol. The molecule has 5 atom stereocenters. The second-order valence-corrected chi connectivity index (χ2v) is 14.2. The Kier molecular flexibility index (Phi) is 9.44. The van der Waals surface area contributed by atoms with Crippen molar-refractivity contribution in [3.05, 3.63) is 101 Å². The number of methoxy groups -OCH3 is 2. The number of phenolic OH excluding ortho intramolecular Hbond substituents is 3. The van der Waals surface area contributed by atoms with E-state index < -0.39 is 30.1 Å². The second kappa shape index (κ2) is 14.3. The van der Waals surface area contributed by atoms with Crippen LogP contribution >= 0.6 is 0 Å². The molecule has 0 amide bonds. The van der Waals surface area contributed by atoms with Crippen molar-refractivity contribution in [3.63, 3.8) is 0 Å². The van der Waals surface area contributed by atoms with E-state index in [-0.39, 0.29) is 23.9 Å². The molecule has 5 aromatic rings. The van der Waals surface area contributed by atoms with E-state index in [4.69, 9.17) is 23.7 Å². The molecule has 10 heteroatoms. The minimum atomic E-state index is -1.04. The third-order valence-electron chi connectivity index (χ3n) is 11.0. The highest BCUT2D eigenvalue weighted by molar-refractivity contribution is 5.97. The lowest BCUT2D eigenvalue weighted by Crippen LogP contribution is -2.46. The van der Waals surface area contributed by atoms with Gasteiger partial charge in [0.25, 0.3) is 0 Å². The van der Waals surface area contributed by atoms with Gasteiger partial charge in [-0.2, -0.15) is 0 Å². The van der Waals surface area contributed by atoms with Gasteiger partial charge in [-0.3, -0.25) is 0 Å². The number of benzene rings is 5. The van der Waals surface area contributed by atoms with Crippen LogP contribution in [0.1, 0.15) is 59.3 Å². The van der Waals surface area contributed by atoms with Crippen LogP contribution in [-0.4, -0.2) is 65.7 Å². The van der Waals surface area contributed by atoms with E-state index in [0.717, 1.165) is 45.0 Å². The Bertz CT molecular complexity index is 2160. The number of aromatic hydroxyl groups is 3. The van der Waals surface area contributed by atoms with Crippen LogP contribution in [0.15, 0.2) is 72.8 Å². The first-order valence-electron chi connectivity index (χ1n) is 18.2. The van der Waals surface area contributed by atoms with Crippen LogP contribution in [0.2, 0.25) is 0 Å². The number of ether oxygens (including phenoxy) is 5. The minimum absolute atomic E-state index is 0.102. The molecule has 3 aliphatic rings. The van der Waals surface area contributed by atoms with Crippen molar-refractivity contribution in [2.24, 2.45) is 11.8 Å². The molecule has 3 aliphatic heterocycles. The normalized spacial score (nSPS) is 21.8. The van der Waals surface area contributed by atoms with Gasteiger partial charge in [-0.05, 0) is 97.0 Å². The van der Waals surface area contributed by atoms with Crippen molar-refractivity contribution in [2.45, 2.75) is 50.4 Å². The Hall–Kier alpha value is -5.16. The first-order chi connectivity index (χ1) is 25.7. The molecule has 276 valence electrons. The van der Waals surface area contributed by atoms with Crippen LogP contribution in [0.5, 0.6) is 40.2 Å². The summed E-state index contributed by atoms with van der Waals surface area (Å²) in [5.74, 6) is 1.54. The average molecular weight is 721 g/mol. The molecule has 0 fully saturated rings. The number of aliphatic hydroxyl groups is 2. The Labute approximate surface area is 307 Å². The van der Waals surface area contributed by atoms with Crippen molar-refractivity contribution in [1.82, 2.24) is 0 Å². The molecule has 8 rings (SSSR count). The van der Waals surface area contributed by atoms with Crippen molar-refractivity contribution in [1.29, 1.82) is 0 Å². The maximum Gasteiger partial charge on any atom is 0.133 e. The Morgan fingerprint density at radius 2 is 1.58 bits per heavy atom. The lowest BCUT2D eigenvalue weighted by atomic mass is 9.71. The monoisotopic (exact) mass is 720 g/mol. The highest BCUT2D eigenvalue weighted by Gasteiger charge is 2.49. The van der Waals surface area contributed by atoms with Gasteiger partial charge in [0.05, 0.1) is 32.5 Å². The van der Waals surface area contributed by atoms with E-state index in [1.165, 1.54) is 0 Å². The van der Waals surface area contributed by atoms with Gasteiger partial charge in [0.1, 0.15) is 46.4 Å². The maximum absolute atomic E-state index is 12.5. The van der Waals surface area contributed by atoms with Crippen LogP contribution in [0.25, 0.3) is 21.9 Å². The molecular formula is C43H44O10. The molecular weight excluding hydrogens is 676 g/mol. The summed E-state index contributed by atoms with van der Waals surface area (Å²) in [6.07, 6.45) is 0.501. The van der Waals surface area contributed by atoms with Crippen molar-refractivity contribution in [3.8, 4) is 51.4 Å². The van der Waals surface area contributed by atoms with E-state index in [2.05, 4.69) is 0 Å². The molecule has 53 heavy (non-hydrogen) atoms. The van der Waals surface area contributed by atoms with Gasteiger partial charge >= 0.3 is 0 Å². The third-order valence-corrected chi connectivity index (χ3v) is 11.0. The number of hydrogen-bond donors (Lipinski definition) is 5. The molecule has 0 spiro atoms. The molecule has 5 unspecified atom stereocenters. The highest BCUT2D eigenvalue weighted by Crippen LogP contribution is 2.55. The first-order valence-corrected chi connectivity index (χ1v) is 18.2. The van der Waals surface area contributed by atoms with Crippen LogP contribution < -0.4 is 18.9 Å². The summed E-state index contributed by atoms with van der Waals surface area (Å²) in [4.78, 5) is 0. The van der Waals surface area contributed by atoms with E-state index in [9.17, 15) is 25.5 Å². The van der Waals surface area contributed by atoms with Crippen LogP contribution in [0, 0.1) is 11.8 Å². The fourth-order valence-corrected chi connectivity index (χ4v) is 8.61. The SMILES string of the molecule is COCCCC1Oc2c(c3c(c4cc(O)ccc24)OCCC3)C(O)C1C1COc2c(Cc3cc(O)ccc3-c3cccc(O)c3)cc(OC)cc2C1O. The fourth-order valence-electron chi connectivity index (χ4n) is 8.61. The van der Waals surface area contributed by atoms with Crippen LogP contribution in [-0.2, 0) is 17.6 Å². The number of hydrogen-bond acceptors (Lipinski definition) is 10. The number of phenols is 3. The van der Waals surface area contributed by atoms with Crippen molar-refractivity contribution >= 4 is 10.8 Å². The van der Waals surface area contributed by atoms with Crippen LogP contribution in [0.3, 0.4) is 0 Å². The Balaban J connectivity index is 1.20. The number of fused-ring (bicyclic) bond motifs is 7. The van der Waals surface area contributed by atoms with Gasteiger partial charge in [-0.1, -0.05) is 18.2 Å². The van der Waals surface area contributed by atoms with Gasteiger partial charge in [-0.15, -0.1) is 0 Å². The quantitative estimate of drug-likeness (QED) is 0.0997. The summed E-state index contributed by atoms with van der Waals surface area (Å²) in [7, 11) is 3.22. The summed E-state index contributed by atoms with van der Waals surface area (Å²) in [6, 6.07) is 20.9. The van der Waals surface area contributed by atoms with Gasteiger partial charge in [0, 0.05) is 65.0 Å². The van der Waals surface area contributed by atoms with Crippen molar-refractivity contribution in [2.75, 3.05) is 34.0 Å². The molecule has 10 nitrogen and oxygen atoms in total. The molecule has 0 aliphatic carbocycles. The lowest BCUT2D eigenvalue weighted by Gasteiger charge is -2.46. The predicted octanol–water partition coefficient (Wildman–Crippen LogP) is 7.13. The molecule has 0 aromatic heterocycles. The zero-order valence-electron chi connectivity index (χ0n) is 29.7. The van der Waals surface area contributed by atoms with Gasteiger partial charge in [0.15, 0.2) is 0 Å². The molecule has 0 radical (unpaired) electrons. The Morgan fingerprint density at radius 1 is 0.774 bits per heavy atom. The number of rotatable bonds is 9. The van der Waals surface area contributed by atoms with Gasteiger partial charge in [0.2, 0.25) is 0 Å². The fraction of sp³-hybridized carbons (Fsp3) is 0.349. The zero-order chi connectivity index (χ0) is 36.8. The Morgan fingerprint density at radius 3 is 2.40 bits per heavy atom. The van der Waals surface area contributed by atoms with Gasteiger partial charge in [-0.25, -0.2) is 0 Å². The van der Waals surface area contributed by atoms with E-state index in [0.29, 0.717) is 73.0 Å². The molecule has 0 saturated heterocycles. The zero-order valence-corrected chi connectivity index (χ0v) is 29.7. The summed E-state index contributed by atoms with van der Waals surface area (Å²) in [5, 5.41) is 57.5. The first kappa shape index (κ1) is 34.9. The molecule has 3 heterocycles. The highest BCUT2D eigenvalue weighted by atomic mass is 16.5. The third kappa shape index (κ3) is 6.34. The van der Waals surface area contributed by atoms with Crippen LogP contribution in [0.4, 0.5) is 0 Å². The van der Waals surface area contributed by atoms with E-state index in [1.54, 1.807) is 62.8 Å². The minimum Gasteiger partial charge on any atom is -0.508 e. The standard InChI is InChI=1S/C43H44O10/c1-49-14-5-9-36-37(40(48)38-32-8-4-15-51-42(32)33-20-28(46)11-13-31(33)43(38)53-36)35-22-52-41-25(19-29(50-2)21-34(41)39(35)47)16-24-18-27(45)10-12-30(24)23-6-3-7-26(44)17-23/h3,6-7,10-13,17-21,35-37,39-40,44-48H,4-5,8-9,14-16,22H2,1-2H3. The summed E-state index contributed by atoms with van der Waals surface area (Å²) in [6.45, 7) is 1.16. The maximum atomic E-state index is 12.5. The number of aliphatic hydroxyl groups excluding tert-OH is 2. The molecule has 5 N–H and O–H groups in total. The van der Waals surface area contributed by atoms with Crippen molar-refractivity contribution < 1.29 is 49.2 Å². The van der Waals surface area contributed by atoms with Gasteiger partial charge < -0.3 is 49.2 Å².